The van der Waals surface area contributed by atoms with Crippen LogP contribution in [0, 0.1) is 0 Å². The maximum absolute atomic E-state index is 13.0. The molecule has 39 heavy (non-hydrogen) atoms. The number of benzene rings is 3. The number of sulfonamides is 1. The van der Waals surface area contributed by atoms with Crippen molar-refractivity contribution in [1.82, 2.24) is 5.32 Å². The highest BCUT2D eigenvalue weighted by molar-refractivity contribution is 7.92. The second-order valence-electron chi connectivity index (χ2n) is 9.73. The van der Waals surface area contributed by atoms with E-state index < -0.39 is 28.3 Å². The van der Waals surface area contributed by atoms with Crippen LogP contribution in [0.5, 0.6) is 11.5 Å². The van der Waals surface area contributed by atoms with Crippen molar-refractivity contribution in [3.8, 4) is 11.5 Å². The minimum Gasteiger partial charge on any atom is -0.497 e. The van der Waals surface area contributed by atoms with E-state index in [1.165, 1.54) is 19.2 Å². The van der Waals surface area contributed by atoms with Crippen LogP contribution in [0.2, 0.25) is 0 Å². The van der Waals surface area contributed by atoms with Gasteiger partial charge in [-0.3, -0.25) is 9.52 Å². The van der Waals surface area contributed by atoms with Crippen LogP contribution in [0.15, 0.2) is 77.7 Å². The van der Waals surface area contributed by atoms with Crippen molar-refractivity contribution in [2.75, 3.05) is 25.0 Å². The van der Waals surface area contributed by atoms with Gasteiger partial charge in [-0.25, -0.2) is 8.42 Å². The van der Waals surface area contributed by atoms with Gasteiger partial charge in [0, 0.05) is 29.8 Å². The number of ether oxygens (including phenoxy) is 3. The van der Waals surface area contributed by atoms with Crippen LogP contribution < -0.4 is 19.5 Å². The van der Waals surface area contributed by atoms with Gasteiger partial charge in [-0.1, -0.05) is 36.4 Å². The van der Waals surface area contributed by atoms with Gasteiger partial charge in [0.05, 0.1) is 31.1 Å². The van der Waals surface area contributed by atoms with Gasteiger partial charge in [-0.15, -0.1) is 0 Å². The quantitative estimate of drug-likeness (QED) is 0.353. The number of methoxy groups -OCH3 is 1. The van der Waals surface area contributed by atoms with Crippen molar-refractivity contribution in [3.63, 3.8) is 0 Å². The predicted octanol–water partition coefficient (Wildman–Crippen LogP) is 3.24. The lowest BCUT2D eigenvalue weighted by atomic mass is 9.84. The van der Waals surface area contributed by atoms with E-state index in [1.54, 1.807) is 30.3 Å². The van der Waals surface area contributed by atoms with Crippen LogP contribution in [-0.4, -0.2) is 58.0 Å². The molecule has 0 unspecified atom stereocenters. The van der Waals surface area contributed by atoms with Crippen LogP contribution in [-0.2, 0) is 26.0 Å². The molecule has 1 fully saturated rings. The number of aliphatic hydroxyl groups excluding tert-OH is 1. The van der Waals surface area contributed by atoms with Crippen LogP contribution in [0.1, 0.15) is 29.9 Å². The molecule has 3 N–H and O–H groups in total. The number of hydrogen-bond acceptors (Lipinski definition) is 7. The summed E-state index contributed by atoms with van der Waals surface area (Å²) in [5, 5.41) is 13.0. The lowest BCUT2D eigenvalue weighted by molar-refractivity contribution is -0.142. The van der Waals surface area contributed by atoms with E-state index in [4.69, 9.17) is 14.2 Å². The highest BCUT2D eigenvalue weighted by Gasteiger charge is 2.46. The maximum atomic E-state index is 13.0. The predicted molar refractivity (Wildman–Crippen MR) is 146 cm³/mol. The summed E-state index contributed by atoms with van der Waals surface area (Å²) in [4.78, 5) is 12.7. The molecule has 2 aliphatic heterocycles. The minimum absolute atomic E-state index is 0.0845. The molecule has 0 radical (unpaired) electrons. The third-order valence-corrected chi connectivity index (χ3v) is 8.47. The van der Waals surface area contributed by atoms with E-state index >= 15 is 0 Å². The zero-order valence-electron chi connectivity index (χ0n) is 21.6. The van der Waals surface area contributed by atoms with Gasteiger partial charge >= 0.3 is 0 Å². The third-order valence-electron chi connectivity index (χ3n) is 7.09. The van der Waals surface area contributed by atoms with Gasteiger partial charge in [0.15, 0.2) is 0 Å². The first-order valence-corrected chi connectivity index (χ1v) is 14.4. The second-order valence-corrected chi connectivity index (χ2v) is 11.4. The Bertz CT molecular complexity index is 1410. The molecule has 3 aromatic rings. The van der Waals surface area contributed by atoms with Crippen molar-refractivity contribution in [1.29, 1.82) is 0 Å². The highest BCUT2D eigenvalue weighted by atomic mass is 32.2. The summed E-state index contributed by atoms with van der Waals surface area (Å²) >= 11 is 0. The van der Waals surface area contributed by atoms with E-state index in [9.17, 15) is 18.3 Å². The van der Waals surface area contributed by atoms with Crippen molar-refractivity contribution in [2.45, 2.75) is 48.4 Å². The zero-order chi connectivity index (χ0) is 27.4. The van der Waals surface area contributed by atoms with Gasteiger partial charge in [0.2, 0.25) is 5.91 Å². The monoisotopic (exact) mass is 552 g/mol. The highest BCUT2D eigenvalue weighted by Crippen LogP contribution is 2.47. The molecule has 2 aliphatic rings. The van der Waals surface area contributed by atoms with Gasteiger partial charge in [-0.2, -0.15) is 0 Å². The Morgan fingerprint density at radius 2 is 1.90 bits per heavy atom. The van der Waals surface area contributed by atoms with Crippen molar-refractivity contribution in [3.05, 3.63) is 83.9 Å². The van der Waals surface area contributed by atoms with Crippen molar-refractivity contribution < 1.29 is 32.5 Å². The number of amides is 1. The molecule has 1 saturated heterocycles. The molecular weight excluding hydrogens is 520 g/mol. The summed E-state index contributed by atoms with van der Waals surface area (Å²) in [6.07, 6.45) is -0.0366. The molecular formula is C29H32N2O7S. The Hall–Kier alpha value is -3.60. The van der Waals surface area contributed by atoms with Crippen LogP contribution >= 0.6 is 0 Å². The number of carbonyl (C=O) groups is 1. The number of fused-ring (bicyclic) bond motifs is 3. The largest absolute Gasteiger partial charge is 0.497 e. The normalized spacial score (nSPS) is 21.8. The summed E-state index contributed by atoms with van der Waals surface area (Å²) in [7, 11) is -2.37. The van der Waals surface area contributed by atoms with Gasteiger partial charge in [0.25, 0.3) is 10.0 Å². The van der Waals surface area contributed by atoms with E-state index in [0.717, 1.165) is 17.5 Å². The summed E-state index contributed by atoms with van der Waals surface area (Å²) in [6, 6.07) is 21.3. The fourth-order valence-electron chi connectivity index (χ4n) is 5.20. The third kappa shape index (κ3) is 6.19. The summed E-state index contributed by atoms with van der Waals surface area (Å²) in [6.45, 7) is 0.268. The molecule has 4 atom stereocenters. The van der Waals surface area contributed by atoms with E-state index in [1.807, 2.05) is 30.3 Å². The Morgan fingerprint density at radius 1 is 1.08 bits per heavy atom. The van der Waals surface area contributed by atoms with E-state index in [-0.39, 0.29) is 29.7 Å². The number of rotatable bonds is 10. The zero-order valence-corrected chi connectivity index (χ0v) is 22.4. The Kier molecular flexibility index (Phi) is 8.06. The van der Waals surface area contributed by atoms with E-state index in [2.05, 4.69) is 10.0 Å². The minimum atomic E-state index is -3.85. The van der Waals surface area contributed by atoms with Crippen molar-refractivity contribution >= 4 is 21.6 Å². The summed E-state index contributed by atoms with van der Waals surface area (Å²) < 4.78 is 45.9. The molecule has 0 bridgehead atoms. The summed E-state index contributed by atoms with van der Waals surface area (Å²) in [5.74, 6) is 0.777. The SMILES string of the molecule is COc1cccc(S(=O)(=O)Nc2ccc3c(c2)[C@H]2C[C@H](CC(=O)NCCc4ccccc4)O[C@@H](CO)[C@H]2O3)c1. The van der Waals surface area contributed by atoms with Crippen LogP contribution in [0.4, 0.5) is 5.69 Å². The number of carbonyl (C=O) groups excluding carboxylic acids is 1. The first kappa shape index (κ1) is 27.0. The van der Waals surface area contributed by atoms with Gasteiger partial charge < -0.3 is 24.6 Å². The molecule has 0 saturated carbocycles. The van der Waals surface area contributed by atoms with Crippen LogP contribution in [0.3, 0.4) is 0 Å². The number of hydrogen-bond donors (Lipinski definition) is 3. The standard InChI is InChI=1S/C29H32N2O7S/c1-36-21-8-5-9-23(15-21)39(34,35)31-20-10-11-26-24(14-20)25-16-22(37-27(18-32)29(25)38-26)17-28(33)30-13-12-19-6-3-2-4-7-19/h2-11,14-15,22,25,27,29,31-32H,12-13,16-18H2,1H3,(H,30,33)/t22-,25-,27+,29+/m1/s1. The smallest absolute Gasteiger partial charge is 0.262 e. The average Bonchev–Trinajstić information content (AvgIpc) is 3.31. The van der Waals surface area contributed by atoms with Gasteiger partial charge in [0.1, 0.15) is 23.7 Å². The summed E-state index contributed by atoms with van der Waals surface area (Å²) in [5.41, 5.74) is 2.36. The fraction of sp³-hybridized carbons (Fsp3) is 0.345. The molecule has 10 heteroatoms. The first-order chi connectivity index (χ1) is 18.9. The molecule has 5 rings (SSSR count). The molecule has 9 nitrogen and oxygen atoms in total. The first-order valence-electron chi connectivity index (χ1n) is 12.9. The van der Waals surface area contributed by atoms with Crippen LogP contribution in [0.25, 0.3) is 0 Å². The molecule has 0 aromatic heterocycles. The Balaban J connectivity index is 1.26. The van der Waals surface area contributed by atoms with Crippen molar-refractivity contribution in [2.24, 2.45) is 0 Å². The van der Waals surface area contributed by atoms with Gasteiger partial charge in [-0.05, 0) is 48.7 Å². The molecule has 3 aromatic carbocycles. The average molecular weight is 553 g/mol. The second kappa shape index (κ2) is 11.6. The Labute approximate surface area is 228 Å². The number of nitrogens with one attached hydrogen (secondary N) is 2. The number of anilines is 1. The molecule has 1 amide bonds. The molecule has 206 valence electrons. The molecule has 0 aliphatic carbocycles. The number of aliphatic hydroxyl groups is 1. The Morgan fingerprint density at radius 3 is 2.67 bits per heavy atom. The lowest BCUT2D eigenvalue weighted by Gasteiger charge is -2.37. The lowest BCUT2D eigenvalue weighted by Crippen LogP contribution is -2.47. The molecule has 2 heterocycles. The fourth-order valence-corrected chi connectivity index (χ4v) is 6.29. The topological polar surface area (TPSA) is 123 Å². The maximum Gasteiger partial charge on any atom is 0.262 e. The van der Waals surface area contributed by atoms with E-state index in [0.29, 0.717) is 30.2 Å². The molecule has 0 spiro atoms.